The van der Waals surface area contributed by atoms with Crippen molar-refractivity contribution in [1.82, 2.24) is 44.9 Å². The van der Waals surface area contributed by atoms with E-state index in [1.54, 1.807) is 24.8 Å². The van der Waals surface area contributed by atoms with Gasteiger partial charge in [-0.25, -0.2) is 39.9 Å². The van der Waals surface area contributed by atoms with Crippen LogP contribution in [0.3, 0.4) is 0 Å². The summed E-state index contributed by atoms with van der Waals surface area (Å²) < 4.78 is 0. The molecular weight excluding hydrogens is 2120 g/mol. The molecule has 17 nitrogen and oxygen atoms in total. The molecule has 1 aliphatic carbocycles. The van der Waals surface area contributed by atoms with Gasteiger partial charge in [-0.05, 0) is 73.2 Å². The fourth-order valence-corrected chi connectivity index (χ4v) is 13.9. The first-order valence-corrected chi connectivity index (χ1v) is 37.1. The summed E-state index contributed by atoms with van der Waals surface area (Å²) in [6.45, 7) is 26.0. The van der Waals surface area contributed by atoms with E-state index < -0.39 is 0 Å². The number of hydrogen-bond acceptors (Lipinski definition) is 17. The van der Waals surface area contributed by atoms with Gasteiger partial charge in [0.2, 0.25) is 0 Å². The standard InChI is InChI=1S/C29H20N4.C25H26N4.C23H24N4.C16H11N5.4Ir/c1-5-13-22(14-6-1)26-27(23-15-7-2-8-16-23)31-29-28(30-26)32(24-17-9-3-10-18-24)21-33(29)25-19-11-4-12-20-25;1-24(2)15-16-25(3,4)21-20(24)26-22-23(27-21)29(19-13-9-6-10-14-19)17-28(22)18-11-7-5-8-12-18;1-16(2)20-21(17(3)4)25-23-22(24-20)26(18-11-7-5-8-12-18)15-27(23)19-13-9-6-10-14-19;1-2-4-13(5-3-1)20-12-21(14-6-8-17-9-7-14)16-15(20)18-10-11-19-16;;;;/h1-19,21H;5-13,17H,15-16H2,1-4H3;5-13,15-17H,1-4H3;1-4,6-12H;;;;/q4*-2;;;;. The van der Waals surface area contributed by atoms with Crippen LogP contribution in [0.1, 0.15) is 103 Å². The molecule has 0 bridgehead atoms. The summed E-state index contributed by atoms with van der Waals surface area (Å²) in [5, 5.41) is 0. The van der Waals surface area contributed by atoms with E-state index in [2.05, 4.69) is 216 Å². The van der Waals surface area contributed by atoms with Crippen molar-refractivity contribution in [2.45, 2.75) is 90.9 Å². The number of para-hydroxylation sites is 7. The molecule has 19 rings (SSSR count). The monoisotopic (exact) mass is 2210 g/mol. The molecule has 0 saturated carbocycles. The second kappa shape index (κ2) is 36.7. The van der Waals surface area contributed by atoms with Gasteiger partial charge in [-0.1, -0.05) is 171 Å². The summed E-state index contributed by atoms with van der Waals surface area (Å²) in [7, 11) is 0. The third-order valence-electron chi connectivity index (χ3n) is 19.7. The fourth-order valence-electron chi connectivity index (χ4n) is 13.9. The quantitative estimate of drug-likeness (QED) is 0.107. The van der Waals surface area contributed by atoms with E-state index in [9.17, 15) is 0 Å². The van der Waals surface area contributed by atoms with E-state index >= 15 is 0 Å². The van der Waals surface area contributed by atoms with E-state index in [4.69, 9.17) is 29.9 Å². The molecular formula is C93H81Ir4N17-8. The molecule has 0 amide bonds. The van der Waals surface area contributed by atoms with Gasteiger partial charge in [0, 0.05) is 150 Å². The molecule has 0 atom stereocenters. The van der Waals surface area contributed by atoms with Crippen LogP contribution in [-0.2, 0) is 91.3 Å². The number of rotatable bonds is 12. The van der Waals surface area contributed by atoms with E-state index in [0.717, 1.165) is 150 Å². The van der Waals surface area contributed by atoms with Crippen LogP contribution in [-0.4, -0.2) is 44.9 Å². The molecule has 5 aromatic heterocycles. The molecule has 9 heterocycles. The first-order valence-electron chi connectivity index (χ1n) is 37.1. The van der Waals surface area contributed by atoms with Gasteiger partial charge in [-0.15, -0.1) is 49.4 Å². The molecule has 4 radical (unpaired) electrons. The average molecular weight is 2210 g/mol. The Morgan fingerprint density at radius 1 is 0.289 bits per heavy atom. The average Bonchev–Trinajstić information content (AvgIpc) is 1.47. The third kappa shape index (κ3) is 17.3. The summed E-state index contributed by atoms with van der Waals surface area (Å²) in [6.07, 6.45) is 9.14. The molecule has 0 fully saturated rings. The van der Waals surface area contributed by atoms with Gasteiger partial charge in [-0.3, -0.25) is 4.98 Å². The van der Waals surface area contributed by atoms with Gasteiger partial charge in [0.15, 0.2) is 0 Å². The Morgan fingerprint density at radius 2 is 0.553 bits per heavy atom. The summed E-state index contributed by atoms with van der Waals surface area (Å²) in [4.78, 5) is 60.6. The van der Waals surface area contributed by atoms with E-state index in [1.165, 1.54) is 0 Å². The van der Waals surface area contributed by atoms with Gasteiger partial charge in [-0.2, -0.15) is 121 Å². The molecule has 14 aromatic rings. The number of benzene rings is 9. The third-order valence-corrected chi connectivity index (χ3v) is 19.7. The van der Waals surface area contributed by atoms with Crippen molar-refractivity contribution < 1.29 is 80.4 Å². The van der Waals surface area contributed by atoms with Crippen LogP contribution in [0.4, 0.5) is 92.0 Å². The van der Waals surface area contributed by atoms with Gasteiger partial charge < -0.3 is 39.2 Å². The second-order valence-corrected chi connectivity index (χ2v) is 28.9. The molecule has 21 heteroatoms. The first kappa shape index (κ1) is 82.9. The Bertz CT molecular complexity index is 5110. The van der Waals surface area contributed by atoms with Gasteiger partial charge in [0.25, 0.3) is 0 Å². The van der Waals surface area contributed by atoms with Crippen LogP contribution >= 0.6 is 0 Å². The summed E-state index contributed by atoms with van der Waals surface area (Å²) in [5.41, 5.74) is 16.1. The SMILES string of the molecule is CC(C)c1nc2c(nc1C(C)C)N(c1ccccc1)[CH-]N2c1[c-]cccc1.CC1(C)CCC(C)(C)c2nc3c(nc21)N(c1[c-]cccc1)[CH-]N3c1ccccc1.[Ir].[Ir].[Ir].[Ir].[c-]1ccccc1N1[CH-]N(c2ccccc2)c2nc(-c3ccccc3)c(-c3ccccc3)nc21.[c-]1ccccc1N1[CH-]N(c2ccncc2)c2nccnc21. The molecule has 114 heavy (non-hydrogen) atoms. The maximum absolute atomic E-state index is 5.25. The van der Waals surface area contributed by atoms with Gasteiger partial charge in [0.05, 0.1) is 34.2 Å². The van der Waals surface area contributed by atoms with Crippen molar-refractivity contribution in [3.8, 4) is 22.5 Å². The van der Waals surface area contributed by atoms with Crippen LogP contribution in [0.15, 0.2) is 286 Å². The first-order chi connectivity index (χ1) is 53.7. The van der Waals surface area contributed by atoms with Gasteiger partial charge in [0.1, 0.15) is 46.5 Å². The zero-order chi connectivity index (χ0) is 75.3. The van der Waals surface area contributed by atoms with Crippen LogP contribution < -0.4 is 39.2 Å². The maximum Gasteiger partial charge on any atom is 0.146 e. The zero-order valence-corrected chi connectivity index (χ0v) is 73.5. The van der Waals surface area contributed by atoms with Crippen LogP contribution in [0.5, 0.6) is 0 Å². The van der Waals surface area contributed by atoms with Gasteiger partial charge >= 0.3 is 0 Å². The normalized spacial score (nSPS) is 14.2. The largest absolute Gasteiger partial charge is 0.477 e. The van der Waals surface area contributed by atoms with Crippen molar-refractivity contribution in [1.29, 1.82) is 0 Å². The minimum absolute atomic E-state index is 0. The Morgan fingerprint density at radius 3 is 0.886 bits per heavy atom. The summed E-state index contributed by atoms with van der Waals surface area (Å²) in [5.74, 6) is 7.26. The topological polar surface area (TPSA) is 142 Å². The van der Waals surface area contributed by atoms with E-state index in [-0.39, 0.29) is 91.3 Å². The van der Waals surface area contributed by atoms with Crippen LogP contribution in [0, 0.1) is 50.9 Å². The summed E-state index contributed by atoms with van der Waals surface area (Å²) in [6, 6.07) is 100. The Hall–Kier alpha value is -10.6. The molecule has 0 unspecified atom stereocenters. The number of aromatic nitrogens is 9. The predicted molar refractivity (Wildman–Crippen MR) is 441 cm³/mol. The number of hydrogen-bond donors (Lipinski definition) is 0. The molecule has 5 aliphatic rings. The Kier molecular flexibility index (Phi) is 26.7. The summed E-state index contributed by atoms with van der Waals surface area (Å²) >= 11 is 0. The number of nitrogens with zero attached hydrogens (tertiary/aromatic N) is 17. The second-order valence-electron chi connectivity index (χ2n) is 28.9. The Labute approximate surface area is 723 Å². The fraction of sp³-hybridized carbons (Fsp3) is 0.151. The van der Waals surface area contributed by atoms with Crippen molar-refractivity contribution in [3.63, 3.8) is 0 Å². The van der Waals surface area contributed by atoms with Crippen molar-refractivity contribution in [2.24, 2.45) is 0 Å². The van der Waals surface area contributed by atoms with E-state index in [0.29, 0.717) is 11.8 Å². The van der Waals surface area contributed by atoms with Crippen molar-refractivity contribution in [2.75, 3.05) is 39.2 Å². The van der Waals surface area contributed by atoms with E-state index in [1.807, 2.05) is 205 Å². The van der Waals surface area contributed by atoms with Crippen LogP contribution in [0.25, 0.3) is 22.5 Å². The molecule has 4 aliphatic heterocycles. The minimum atomic E-state index is 0. The number of pyridine rings is 1. The predicted octanol–water partition coefficient (Wildman–Crippen LogP) is 22.1. The van der Waals surface area contributed by atoms with Crippen molar-refractivity contribution in [3.05, 3.63) is 359 Å². The van der Waals surface area contributed by atoms with Crippen molar-refractivity contribution >= 4 is 92.0 Å². The molecule has 0 N–H and O–H groups in total. The molecule has 0 saturated heterocycles. The Balaban J connectivity index is 0.000000140. The maximum atomic E-state index is 5.25. The zero-order valence-electron chi connectivity index (χ0n) is 63.9. The van der Waals surface area contributed by atoms with Crippen LogP contribution in [0.2, 0.25) is 0 Å². The number of fused-ring (bicyclic) bond motifs is 5. The minimum Gasteiger partial charge on any atom is -0.477 e. The smallest absolute Gasteiger partial charge is 0.146 e. The molecule has 9 aromatic carbocycles. The number of anilines is 16. The molecule has 0 spiro atoms. The molecule has 582 valence electrons.